The molecular weight excluding hydrogens is 264 g/mol. The Kier molecular flexibility index (Phi) is 3.96. The van der Waals surface area contributed by atoms with Crippen LogP contribution in [0.25, 0.3) is 0 Å². The van der Waals surface area contributed by atoms with Crippen LogP contribution in [0.2, 0.25) is 0 Å². The van der Waals surface area contributed by atoms with Crippen LogP contribution >= 0.6 is 0 Å². The molecule has 1 aliphatic rings. The molecule has 7 heteroatoms. The summed E-state index contributed by atoms with van der Waals surface area (Å²) in [6.07, 6.45) is 3.24. The highest BCUT2D eigenvalue weighted by molar-refractivity contribution is 7.90. The summed E-state index contributed by atoms with van der Waals surface area (Å²) in [4.78, 5) is 4.03. The number of piperidine rings is 1. The Bertz CT molecular complexity index is 551. The molecule has 0 saturated carbocycles. The Morgan fingerprint density at radius 1 is 1.42 bits per heavy atom. The van der Waals surface area contributed by atoms with Crippen LogP contribution in [0, 0.1) is 12.8 Å². The Morgan fingerprint density at radius 3 is 2.63 bits per heavy atom. The number of hydrogen-bond acceptors (Lipinski definition) is 4. The molecule has 0 unspecified atom stereocenters. The molecule has 1 saturated heterocycles. The van der Waals surface area contributed by atoms with Crippen molar-refractivity contribution in [2.75, 3.05) is 23.5 Å². The Labute approximate surface area is 114 Å². The SMILES string of the molecule is Cc1cc(N)cnc1NS(=O)(=O)N1CCC(C)CC1. The van der Waals surface area contributed by atoms with Gasteiger partial charge in [-0.2, -0.15) is 12.7 Å². The lowest BCUT2D eigenvalue weighted by Crippen LogP contribution is -2.41. The average Bonchev–Trinajstić information content (AvgIpc) is 2.33. The number of aryl methyl sites for hydroxylation is 1. The van der Waals surface area contributed by atoms with Crippen LogP contribution in [0.3, 0.4) is 0 Å². The van der Waals surface area contributed by atoms with E-state index in [4.69, 9.17) is 5.73 Å². The molecular formula is C12H20N4O2S. The maximum atomic E-state index is 12.2. The largest absolute Gasteiger partial charge is 0.397 e. The Morgan fingerprint density at radius 2 is 2.05 bits per heavy atom. The third-order valence-electron chi connectivity index (χ3n) is 3.41. The standard InChI is InChI=1S/C12H20N4O2S/c1-9-3-5-16(6-4-9)19(17,18)15-12-10(2)7-11(13)8-14-12/h7-9H,3-6,13H2,1-2H3,(H,14,15). The lowest BCUT2D eigenvalue weighted by molar-refractivity contribution is 0.289. The topological polar surface area (TPSA) is 88.3 Å². The third-order valence-corrected chi connectivity index (χ3v) is 4.90. The number of nitrogens with zero attached hydrogens (tertiary/aromatic N) is 2. The molecule has 1 aromatic heterocycles. The quantitative estimate of drug-likeness (QED) is 0.877. The van der Waals surface area contributed by atoms with Gasteiger partial charge in [-0.15, -0.1) is 0 Å². The second-order valence-corrected chi connectivity index (χ2v) is 6.79. The number of nitrogens with two attached hydrogens (primary N) is 1. The minimum absolute atomic E-state index is 0.341. The van der Waals surface area contributed by atoms with Crippen molar-refractivity contribution in [1.82, 2.24) is 9.29 Å². The number of hydrogen-bond donors (Lipinski definition) is 2. The molecule has 19 heavy (non-hydrogen) atoms. The molecule has 0 aromatic carbocycles. The first-order valence-corrected chi connectivity index (χ1v) is 7.82. The Hall–Kier alpha value is -1.34. The predicted molar refractivity (Wildman–Crippen MR) is 75.9 cm³/mol. The van der Waals surface area contributed by atoms with Crippen molar-refractivity contribution in [3.63, 3.8) is 0 Å². The highest BCUT2D eigenvalue weighted by atomic mass is 32.2. The third kappa shape index (κ3) is 3.36. The molecule has 0 spiro atoms. The fourth-order valence-electron chi connectivity index (χ4n) is 2.12. The first-order chi connectivity index (χ1) is 8.88. The summed E-state index contributed by atoms with van der Waals surface area (Å²) < 4.78 is 28.5. The predicted octanol–water partition coefficient (Wildman–Crippen LogP) is 1.36. The molecule has 6 nitrogen and oxygen atoms in total. The summed E-state index contributed by atoms with van der Waals surface area (Å²) in [5, 5.41) is 0. The van der Waals surface area contributed by atoms with Crippen LogP contribution in [0.4, 0.5) is 11.5 Å². The van der Waals surface area contributed by atoms with Gasteiger partial charge in [0.15, 0.2) is 0 Å². The lowest BCUT2D eigenvalue weighted by atomic mass is 10.0. The highest BCUT2D eigenvalue weighted by Gasteiger charge is 2.26. The second-order valence-electron chi connectivity index (χ2n) is 5.12. The van der Waals surface area contributed by atoms with Crippen molar-refractivity contribution in [1.29, 1.82) is 0 Å². The molecule has 0 bridgehead atoms. The van der Waals surface area contributed by atoms with Gasteiger partial charge in [0.1, 0.15) is 5.82 Å². The molecule has 0 atom stereocenters. The first kappa shape index (κ1) is 14.1. The first-order valence-electron chi connectivity index (χ1n) is 6.38. The number of pyridine rings is 1. The summed E-state index contributed by atoms with van der Waals surface area (Å²) in [5.41, 5.74) is 6.84. The summed E-state index contributed by atoms with van der Waals surface area (Å²) >= 11 is 0. The number of nitrogen functional groups attached to an aromatic ring is 1. The van der Waals surface area contributed by atoms with Gasteiger partial charge in [0.2, 0.25) is 0 Å². The molecule has 0 radical (unpaired) electrons. The molecule has 1 fully saturated rings. The van der Waals surface area contributed by atoms with Crippen LogP contribution in [-0.2, 0) is 10.2 Å². The minimum Gasteiger partial charge on any atom is -0.397 e. The molecule has 0 aliphatic carbocycles. The van der Waals surface area contributed by atoms with Gasteiger partial charge in [0, 0.05) is 13.1 Å². The molecule has 2 heterocycles. The molecule has 106 valence electrons. The zero-order valence-electron chi connectivity index (χ0n) is 11.3. The summed E-state index contributed by atoms with van der Waals surface area (Å²) in [6, 6.07) is 1.70. The van der Waals surface area contributed by atoms with Gasteiger partial charge in [-0.3, -0.25) is 4.72 Å². The van der Waals surface area contributed by atoms with E-state index in [1.165, 1.54) is 10.5 Å². The lowest BCUT2D eigenvalue weighted by Gasteiger charge is -2.29. The van der Waals surface area contributed by atoms with Crippen LogP contribution < -0.4 is 10.5 Å². The van der Waals surface area contributed by atoms with Crippen molar-refractivity contribution in [2.45, 2.75) is 26.7 Å². The number of anilines is 2. The van der Waals surface area contributed by atoms with Crippen molar-refractivity contribution < 1.29 is 8.42 Å². The zero-order chi connectivity index (χ0) is 14.0. The van der Waals surface area contributed by atoms with Crippen LogP contribution in [-0.4, -0.2) is 30.8 Å². The van der Waals surface area contributed by atoms with Crippen molar-refractivity contribution in [3.05, 3.63) is 17.8 Å². The molecule has 2 rings (SSSR count). The van der Waals surface area contributed by atoms with E-state index in [1.54, 1.807) is 13.0 Å². The molecule has 1 aromatic rings. The maximum Gasteiger partial charge on any atom is 0.302 e. The fourth-order valence-corrected chi connectivity index (χ4v) is 3.39. The van der Waals surface area contributed by atoms with Crippen molar-refractivity contribution in [3.8, 4) is 0 Å². The normalized spacial score (nSPS) is 18.4. The van der Waals surface area contributed by atoms with Gasteiger partial charge in [-0.1, -0.05) is 6.92 Å². The van der Waals surface area contributed by atoms with Crippen LogP contribution in [0.15, 0.2) is 12.3 Å². The number of nitrogens with one attached hydrogen (secondary N) is 1. The molecule has 3 N–H and O–H groups in total. The highest BCUT2D eigenvalue weighted by Crippen LogP contribution is 2.21. The zero-order valence-corrected chi connectivity index (χ0v) is 12.1. The smallest absolute Gasteiger partial charge is 0.302 e. The maximum absolute atomic E-state index is 12.2. The van der Waals surface area contributed by atoms with Crippen LogP contribution in [0.1, 0.15) is 25.3 Å². The molecule has 1 aliphatic heterocycles. The monoisotopic (exact) mass is 284 g/mol. The molecule has 0 amide bonds. The number of aromatic nitrogens is 1. The van der Waals surface area contributed by atoms with Gasteiger partial charge in [-0.05, 0) is 37.3 Å². The van der Waals surface area contributed by atoms with Gasteiger partial charge in [0.25, 0.3) is 0 Å². The van der Waals surface area contributed by atoms with Gasteiger partial charge in [0.05, 0.1) is 11.9 Å². The fraction of sp³-hybridized carbons (Fsp3) is 0.583. The average molecular weight is 284 g/mol. The summed E-state index contributed by atoms with van der Waals surface area (Å²) in [5.74, 6) is 0.927. The van der Waals surface area contributed by atoms with Crippen molar-refractivity contribution in [2.24, 2.45) is 5.92 Å². The van der Waals surface area contributed by atoms with Gasteiger partial charge in [-0.25, -0.2) is 4.98 Å². The minimum atomic E-state index is -3.52. The second kappa shape index (κ2) is 5.34. The van der Waals surface area contributed by atoms with E-state index in [1.807, 2.05) is 0 Å². The summed E-state index contributed by atoms with van der Waals surface area (Å²) in [6.45, 7) is 5.04. The van der Waals surface area contributed by atoms with E-state index in [9.17, 15) is 8.42 Å². The number of rotatable bonds is 3. The van der Waals surface area contributed by atoms with Crippen molar-refractivity contribution >= 4 is 21.7 Å². The van der Waals surface area contributed by atoms with Crippen LogP contribution in [0.5, 0.6) is 0 Å². The van der Waals surface area contributed by atoms with Gasteiger partial charge >= 0.3 is 10.2 Å². The Balaban J connectivity index is 2.12. The van der Waals surface area contributed by atoms with E-state index in [0.29, 0.717) is 36.1 Å². The summed E-state index contributed by atoms with van der Waals surface area (Å²) in [7, 11) is -3.52. The van der Waals surface area contributed by atoms with Gasteiger partial charge < -0.3 is 5.73 Å². The van der Waals surface area contributed by atoms with E-state index in [2.05, 4.69) is 16.6 Å². The van der Waals surface area contributed by atoms with E-state index >= 15 is 0 Å². The van der Waals surface area contributed by atoms with E-state index in [-0.39, 0.29) is 0 Å². The van der Waals surface area contributed by atoms with E-state index in [0.717, 1.165) is 12.8 Å². The van der Waals surface area contributed by atoms with E-state index < -0.39 is 10.2 Å².